The second-order valence-corrected chi connectivity index (χ2v) is 11.0. The Kier molecular flexibility index (Phi) is 7.44. The maximum Gasteiger partial charge on any atom is 0.0849 e. The molecule has 0 amide bonds. The highest BCUT2D eigenvalue weighted by Crippen LogP contribution is 2.59. The van der Waals surface area contributed by atoms with Gasteiger partial charge in [-0.15, -0.1) is 0 Å². The van der Waals surface area contributed by atoms with Crippen LogP contribution in [0.1, 0.15) is 98.8 Å². The fourth-order valence-electron chi connectivity index (χ4n) is 6.03. The van der Waals surface area contributed by atoms with E-state index in [2.05, 4.69) is 6.92 Å². The molecule has 0 bridgehead atoms. The number of hydrogen-bond donors (Lipinski definition) is 4. The van der Waals surface area contributed by atoms with E-state index in [4.69, 9.17) is 0 Å². The van der Waals surface area contributed by atoms with E-state index in [-0.39, 0.29) is 11.5 Å². The summed E-state index contributed by atoms with van der Waals surface area (Å²) in [5, 5.41) is 41.1. The molecule has 4 nitrogen and oxygen atoms in total. The SMILES string of the molecule is CC(C)(O)CCCC(CCC(O)C(C)(C)O)C1CCC2[C@@H](O)CCC[C@]12C. The quantitative estimate of drug-likeness (QED) is 0.484. The van der Waals surface area contributed by atoms with E-state index in [1.807, 2.05) is 13.8 Å². The van der Waals surface area contributed by atoms with Crippen molar-refractivity contribution < 1.29 is 20.4 Å². The van der Waals surface area contributed by atoms with Gasteiger partial charge in [-0.25, -0.2) is 0 Å². The summed E-state index contributed by atoms with van der Waals surface area (Å²) in [5.41, 5.74) is -1.52. The lowest BCUT2D eigenvalue weighted by Crippen LogP contribution is -2.42. The van der Waals surface area contributed by atoms with Crippen molar-refractivity contribution in [2.24, 2.45) is 23.2 Å². The van der Waals surface area contributed by atoms with Gasteiger partial charge in [0.2, 0.25) is 0 Å². The van der Waals surface area contributed by atoms with Gasteiger partial charge in [0.05, 0.1) is 23.4 Å². The smallest absolute Gasteiger partial charge is 0.0849 e. The Bertz CT molecular complexity index is 464. The number of aliphatic hydroxyl groups is 4. The fraction of sp³-hybridized carbons (Fsp3) is 1.00. The predicted molar refractivity (Wildman–Crippen MR) is 109 cm³/mol. The van der Waals surface area contributed by atoms with Gasteiger partial charge in [0.1, 0.15) is 0 Å². The molecule has 0 heterocycles. The van der Waals surface area contributed by atoms with Gasteiger partial charge in [0, 0.05) is 0 Å². The van der Waals surface area contributed by atoms with Gasteiger partial charge in [-0.2, -0.15) is 0 Å². The van der Waals surface area contributed by atoms with Crippen LogP contribution in [0.5, 0.6) is 0 Å². The van der Waals surface area contributed by atoms with Gasteiger partial charge in [-0.1, -0.05) is 26.2 Å². The molecular formula is C23H44O4. The largest absolute Gasteiger partial charge is 0.393 e. The third kappa shape index (κ3) is 5.91. The Hall–Kier alpha value is -0.160. The Morgan fingerprint density at radius 2 is 1.67 bits per heavy atom. The van der Waals surface area contributed by atoms with E-state index in [1.165, 1.54) is 6.42 Å². The molecule has 160 valence electrons. The molecule has 4 unspecified atom stereocenters. The summed E-state index contributed by atoms with van der Waals surface area (Å²) < 4.78 is 0. The maximum absolute atomic E-state index is 10.5. The molecule has 2 rings (SSSR count). The molecule has 2 aliphatic carbocycles. The third-order valence-corrected chi connectivity index (χ3v) is 7.72. The zero-order valence-corrected chi connectivity index (χ0v) is 18.2. The van der Waals surface area contributed by atoms with Gasteiger partial charge in [-0.3, -0.25) is 0 Å². The Labute approximate surface area is 166 Å². The summed E-state index contributed by atoms with van der Waals surface area (Å²) in [6.45, 7) is 9.46. The summed E-state index contributed by atoms with van der Waals surface area (Å²) >= 11 is 0. The first kappa shape index (κ1) is 23.1. The van der Waals surface area contributed by atoms with Gasteiger partial charge < -0.3 is 20.4 Å². The summed E-state index contributed by atoms with van der Waals surface area (Å²) in [7, 11) is 0. The zero-order valence-electron chi connectivity index (χ0n) is 18.2. The fourth-order valence-corrected chi connectivity index (χ4v) is 6.03. The molecule has 27 heavy (non-hydrogen) atoms. The minimum Gasteiger partial charge on any atom is -0.393 e. The van der Waals surface area contributed by atoms with Crippen molar-refractivity contribution in [3.63, 3.8) is 0 Å². The molecule has 6 atom stereocenters. The van der Waals surface area contributed by atoms with Crippen LogP contribution in [0.2, 0.25) is 0 Å². The molecule has 0 aromatic heterocycles. The minimum absolute atomic E-state index is 0.159. The zero-order chi connectivity index (χ0) is 20.5. The number of aliphatic hydroxyl groups excluding tert-OH is 2. The summed E-state index contributed by atoms with van der Waals surface area (Å²) in [6, 6.07) is 0. The lowest BCUT2D eigenvalue weighted by atomic mass is 9.60. The summed E-state index contributed by atoms with van der Waals surface area (Å²) in [4.78, 5) is 0. The Morgan fingerprint density at radius 3 is 2.26 bits per heavy atom. The monoisotopic (exact) mass is 384 g/mol. The van der Waals surface area contributed by atoms with E-state index < -0.39 is 17.3 Å². The van der Waals surface area contributed by atoms with Gasteiger partial charge >= 0.3 is 0 Å². The number of hydrogen-bond acceptors (Lipinski definition) is 4. The molecule has 2 aliphatic rings. The van der Waals surface area contributed by atoms with Crippen molar-refractivity contribution in [3.05, 3.63) is 0 Å². The predicted octanol–water partition coefficient (Wildman–Crippen LogP) is 4.03. The van der Waals surface area contributed by atoms with Gasteiger partial charge in [0.15, 0.2) is 0 Å². The second kappa shape index (κ2) is 8.69. The van der Waals surface area contributed by atoms with Crippen LogP contribution in [0, 0.1) is 23.2 Å². The average molecular weight is 385 g/mol. The second-order valence-electron chi connectivity index (χ2n) is 11.0. The van der Waals surface area contributed by atoms with E-state index >= 15 is 0 Å². The van der Waals surface area contributed by atoms with Crippen molar-refractivity contribution in [3.8, 4) is 0 Å². The topological polar surface area (TPSA) is 80.9 Å². The van der Waals surface area contributed by atoms with Crippen molar-refractivity contribution in [2.45, 2.75) is 122 Å². The van der Waals surface area contributed by atoms with Crippen LogP contribution in [0.25, 0.3) is 0 Å². The van der Waals surface area contributed by atoms with Crippen LogP contribution < -0.4 is 0 Å². The maximum atomic E-state index is 10.5. The van der Waals surface area contributed by atoms with Crippen molar-refractivity contribution in [2.75, 3.05) is 0 Å². The van der Waals surface area contributed by atoms with Crippen LogP contribution in [0.4, 0.5) is 0 Å². The van der Waals surface area contributed by atoms with E-state index in [0.717, 1.165) is 51.4 Å². The van der Waals surface area contributed by atoms with Gasteiger partial charge in [0.25, 0.3) is 0 Å². The summed E-state index contributed by atoms with van der Waals surface area (Å²) in [6.07, 6.45) is 8.95. The van der Waals surface area contributed by atoms with Crippen LogP contribution in [-0.4, -0.2) is 43.8 Å². The molecule has 0 spiro atoms. The average Bonchev–Trinajstić information content (AvgIpc) is 2.86. The highest BCUT2D eigenvalue weighted by atomic mass is 16.3. The highest BCUT2D eigenvalue weighted by Gasteiger charge is 2.52. The molecule has 4 N–H and O–H groups in total. The van der Waals surface area contributed by atoms with Crippen LogP contribution in [-0.2, 0) is 0 Å². The molecule has 0 aromatic carbocycles. The van der Waals surface area contributed by atoms with Crippen LogP contribution in [0.3, 0.4) is 0 Å². The van der Waals surface area contributed by atoms with E-state index in [1.54, 1.807) is 13.8 Å². The molecule has 0 radical (unpaired) electrons. The summed E-state index contributed by atoms with van der Waals surface area (Å²) in [5.74, 6) is 1.45. The molecule has 0 aliphatic heterocycles. The van der Waals surface area contributed by atoms with Gasteiger partial charge in [-0.05, 0) is 95.8 Å². The number of rotatable bonds is 9. The Balaban J connectivity index is 2.08. The van der Waals surface area contributed by atoms with Crippen molar-refractivity contribution >= 4 is 0 Å². The lowest BCUT2D eigenvalue weighted by Gasteiger charge is -2.46. The molecular weight excluding hydrogens is 340 g/mol. The van der Waals surface area contributed by atoms with Crippen molar-refractivity contribution in [1.82, 2.24) is 0 Å². The Morgan fingerprint density at radius 1 is 1.00 bits per heavy atom. The normalized spacial score (nSPS) is 34.3. The third-order valence-electron chi connectivity index (χ3n) is 7.72. The van der Waals surface area contributed by atoms with Crippen molar-refractivity contribution in [1.29, 1.82) is 0 Å². The first-order valence-corrected chi connectivity index (χ1v) is 11.2. The standard InChI is InChI=1S/C23H44O4/c1-21(2,26)14-6-8-16(10-13-20(25)22(3,4)27)17-11-12-18-19(24)9-7-15-23(17,18)5/h16-20,24-27H,6-15H2,1-5H3/t16?,17?,18?,19-,20?,23+/m0/s1. The molecule has 2 fully saturated rings. The highest BCUT2D eigenvalue weighted by molar-refractivity contribution is 5.02. The molecule has 4 heteroatoms. The van der Waals surface area contributed by atoms with Crippen LogP contribution in [0.15, 0.2) is 0 Å². The van der Waals surface area contributed by atoms with Crippen LogP contribution >= 0.6 is 0 Å². The van der Waals surface area contributed by atoms with E-state index in [0.29, 0.717) is 24.2 Å². The minimum atomic E-state index is -1.07. The molecule has 0 aromatic rings. The van der Waals surface area contributed by atoms with E-state index in [9.17, 15) is 20.4 Å². The number of fused-ring (bicyclic) bond motifs is 1. The first-order valence-electron chi connectivity index (χ1n) is 11.2. The first-order chi connectivity index (χ1) is 12.3. The molecule has 2 saturated carbocycles. The lowest BCUT2D eigenvalue weighted by molar-refractivity contribution is -0.0599. The molecule has 0 saturated heterocycles.